The van der Waals surface area contributed by atoms with Crippen LogP contribution in [0.5, 0.6) is 0 Å². The minimum absolute atomic E-state index is 0.329. The van der Waals surface area contributed by atoms with E-state index in [4.69, 9.17) is 5.41 Å². The van der Waals surface area contributed by atoms with Crippen molar-refractivity contribution in [2.24, 2.45) is 11.5 Å². The fourth-order valence-corrected chi connectivity index (χ4v) is 0.287. The molecule has 0 bridgehead atoms. The van der Waals surface area contributed by atoms with Crippen LogP contribution >= 0.6 is 0 Å². The molecular formula is C3H7N7O2. The second-order valence-electron chi connectivity index (χ2n) is 1.52. The van der Waals surface area contributed by atoms with Gasteiger partial charge in [-0.3, -0.25) is 5.41 Å². The molecule has 0 aliphatic rings. The van der Waals surface area contributed by atoms with Gasteiger partial charge in [0, 0.05) is 0 Å². The van der Waals surface area contributed by atoms with Gasteiger partial charge in [-0.25, -0.2) is 0 Å². The number of H-pyrrole nitrogens is 1. The van der Waals surface area contributed by atoms with Crippen molar-refractivity contribution >= 4 is 11.9 Å². The molecule has 0 saturated heterocycles. The highest BCUT2D eigenvalue weighted by Crippen LogP contribution is 1.93. The van der Waals surface area contributed by atoms with Gasteiger partial charge in [-0.2, -0.15) is 0 Å². The Hall–Kier alpha value is -2.19. The lowest BCUT2D eigenvalue weighted by Crippen LogP contribution is -2.20. The maximum Gasteiger partial charge on any atom is 0.453 e. The van der Waals surface area contributed by atoms with Crippen LogP contribution in [0, 0.1) is 15.5 Å². The molecule has 0 amide bonds. The van der Waals surface area contributed by atoms with Gasteiger partial charge < -0.3 is 21.6 Å². The Labute approximate surface area is 66.4 Å². The molecule has 0 aliphatic carbocycles. The summed E-state index contributed by atoms with van der Waals surface area (Å²) >= 11 is 0. The smallest absolute Gasteiger partial charge is 0.390 e. The molecule has 12 heavy (non-hydrogen) atoms. The Morgan fingerprint density at radius 1 is 1.75 bits per heavy atom. The van der Waals surface area contributed by atoms with E-state index in [1.165, 1.54) is 0 Å². The van der Waals surface area contributed by atoms with E-state index < -0.39 is 4.92 Å². The van der Waals surface area contributed by atoms with Crippen LogP contribution in [0.25, 0.3) is 0 Å². The van der Waals surface area contributed by atoms with Crippen LogP contribution in [-0.2, 0) is 0 Å². The monoisotopic (exact) mass is 173 g/mol. The van der Waals surface area contributed by atoms with E-state index >= 15 is 0 Å². The second kappa shape index (κ2) is 4.60. The normalized spacial score (nSPS) is 8.00. The number of nitrogens with one attached hydrogen (secondary N) is 2. The zero-order valence-electron chi connectivity index (χ0n) is 5.89. The summed E-state index contributed by atoms with van der Waals surface area (Å²) in [5.41, 5.74) is 8.94. The van der Waals surface area contributed by atoms with Crippen LogP contribution in [0.1, 0.15) is 0 Å². The van der Waals surface area contributed by atoms with Gasteiger partial charge in [0.2, 0.25) is 6.33 Å². The highest BCUT2D eigenvalue weighted by Gasteiger charge is 2.02. The van der Waals surface area contributed by atoms with E-state index in [9.17, 15) is 10.1 Å². The molecule has 0 spiro atoms. The van der Waals surface area contributed by atoms with E-state index in [-0.39, 0.29) is 11.9 Å². The molecule has 66 valence electrons. The molecule has 1 heterocycles. The Balaban J connectivity index is 0.000000261. The second-order valence-corrected chi connectivity index (χ2v) is 1.52. The molecule has 0 radical (unpaired) electrons. The van der Waals surface area contributed by atoms with Crippen LogP contribution in [-0.4, -0.2) is 26.1 Å². The first-order valence-corrected chi connectivity index (χ1v) is 2.63. The summed E-state index contributed by atoms with van der Waals surface area (Å²) in [6.07, 6.45) is 1.08. The number of nitrogens with two attached hydrogens (primary N) is 2. The van der Waals surface area contributed by atoms with Crippen molar-refractivity contribution in [1.82, 2.24) is 15.2 Å². The molecule has 0 unspecified atom stereocenters. The lowest BCUT2D eigenvalue weighted by molar-refractivity contribution is -0.394. The predicted molar refractivity (Wildman–Crippen MR) is 39.1 cm³/mol. The number of hydrogen-bond acceptors (Lipinski definition) is 5. The lowest BCUT2D eigenvalue weighted by Gasteiger charge is -1.82. The Kier molecular flexibility index (Phi) is 3.76. The summed E-state index contributed by atoms with van der Waals surface area (Å²) in [7, 11) is 0. The third-order valence-corrected chi connectivity index (χ3v) is 0.575. The molecular weight excluding hydrogens is 166 g/mol. The zero-order chi connectivity index (χ0) is 9.56. The third-order valence-electron chi connectivity index (χ3n) is 0.575. The van der Waals surface area contributed by atoms with Gasteiger partial charge in [0.25, 0.3) is 0 Å². The Bertz CT molecular complexity index is 250. The van der Waals surface area contributed by atoms with Gasteiger partial charge in [-0.15, -0.1) is 5.10 Å². The number of nitro groups is 1. The number of hydrogen-bond donors (Lipinski definition) is 4. The molecule has 0 fully saturated rings. The Morgan fingerprint density at radius 3 is 2.42 bits per heavy atom. The van der Waals surface area contributed by atoms with Crippen LogP contribution in [0.3, 0.4) is 0 Å². The topological polar surface area (TPSA) is 161 Å². The highest BCUT2D eigenvalue weighted by atomic mass is 16.6. The molecule has 0 aliphatic heterocycles. The maximum atomic E-state index is 9.73. The first-order valence-electron chi connectivity index (χ1n) is 2.63. The van der Waals surface area contributed by atoms with Crippen molar-refractivity contribution in [2.75, 3.05) is 0 Å². The van der Waals surface area contributed by atoms with Gasteiger partial charge in [0.1, 0.15) is 0 Å². The average Bonchev–Trinajstić information content (AvgIpc) is 2.34. The number of guanidine groups is 1. The van der Waals surface area contributed by atoms with Crippen molar-refractivity contribution in [3.8, 4) is 0 Å². The first-order chi connectivity index (χ1) is 5.54. The predicted octanol–water partition coefficient (Wildman–Crippen LogP) is -1.45. The quantitative estimate of drug-likeness (QED) is 0.176. The molecule has 9 heteroatoms. The van der Waals surface area contributed by atoms with E-state index in [2.05, 4.69) is 26.6 Å². The van der Waals surface area contributed by atoms with Gasteiger partial charge in [0.15, 0.2) is 5.96 Å². The molecule has 6 N–H and O–H groups in total. The van der Waals surface area contributed by atoms with Crippen LogP contribution in [0.2, 0.25) is 0 Å². The highest BCUT2D eigenvalue weighted by molar-refractivity contribution is 5.71. The molecule has 0 saturated carbocycles. The molecule has 1 aromatic rings. The SMILES string of the molecule is N=C(N)N.O=[N+]([O-])c1ncn[nH]1. The van der Waals surface area contributed by atoms with Gasteiger partial charge >= 0.3 is 5.95 Å². The summed E-state index contributed by atoms with van der Waals surface area (Å²) in [6.45, 7) is 0. The largest absolute Gasteiger partial charge is 0.453 e. The van der Waals surface area contributed by atoms with Crippen molar-refractivity contribution in [3.63, 3.8) is 0 Å². The van der Waals surface area contributed by atoms with Crippen LogP contribution in [0.15, 0.2) is 6.33 Å². The molecule has 0 atom stereocenters. The van der Waals surface area contributed by atoms with Gasteiger partial charge in [0.05, 0.1) is 0 Å². The van der Waals surface area contributed by atoms with Crippen molar-refractivity contribution in [1.29, 1.82) is 5.41 Å². The van der Waals surface area contributed by atoms with Crippen molar-refractivity contribution in [2.45, 2.75) is 0 Å². The van der Waals surface area contributed by atoms with Crippen LogP contribution < -0.4 is 11.5 Å². The molecule has 0 aromatic carbocycles. The number of aromatic nitrogens is 3. The number of aromatic amines is 1. The first kappa shape index (κ1) is 9.81. The van der Waals surface area contributed by atoms with Crippen molar-refractivity contribution < 1.29 is 4.92 Å². The minimum Gasteiger partial charge on any atom is -0.390 e. The van der Waals surface area contributed by atoms with E-state index in [1.54, 1.807) is 0 Å². The van der Waals surface area contributed by atoms with E-state index in [1.807, 2.05) is 0 Å². The van der Waals surface area contributed by atoms with E-state index in [0.717, 1.165) is 6.33 Å². The van der Waals surface area contributed by atoms with Crippen LogP contribution in [0.4, 0.5) is 5.95 Å². The lowest BCUT2D eigenvalue weighted by atomic mass is 11.1. The fourth-order valence-electron chi connectivity index (χ4n) is 0.287. The summed E-state index contributed by atoms with van der Waals surface area (Å²) in [6, 6.07) is 0. The summed E-state index contributed by atoms with van der Waals surface area (Å²) in [5, 5.41) is 21.1. The van der Waals surface area contributed by atoms with Gasteiger partial charge in [-0.05, 0) is 4.92 Å². The number of nitrogens with zero attached hydrogens (tertiary/aromatic N) is 3. The average molecular weight is 173 g/mol. The van der Waals surface area contributed by atoms with Gasteiger partial charge in [-0.1, -0.05) is 10.1 Å². The summed E-state index contributed by atoms with van der Waals surface area (Å²) in [4.78, 5) is 12.3. The molecule has 9 nitrogen and oxygen atoms in total. The van der Waals surface area contributed by atoms with Crippen molar-refractivity contribution in [3.05, 3.63) is 16.4 Å². The molecule has 1 aromatic heterocycles. The standard InChI is InChI=1S/C2H2N4O2.CH5N3/c7-6(8)2-3-1-4-5-2;2-1(3)4/h1H,(H,3,4,5);(H5,2,3,4). The third kappa shape index (κ3) is 4.67. The molecule has 1 rings (SSSR count). The summed E-state index contributed by atoms with van der Waals surface area (Å²) in [5.74, 6) is -0.662. The minimum atomic E-state index is -0.646. The maximum absolute atomic E-state index is 9.73. The fraction of sp³-hybridized carbons (Fsp3) is 0. The number of rotatable bonds is 1. The Morgan fingerprint density at radius 2 is 2.25 bits per heavy atom. The zero-order valence-corrected chi connectivity index (χ0v) is 5.89. The summed E-state index contributed by atoms with van der Waals surface area (Å²) < 4.78 is 0. The van der Waals surface area contributed by atoms with E-state index in [0.29, 0.717) is 0 Å².